The maximum atomic E-state index is 12.8. The first-order valence-corrected chi connectivity index (χ1v) is 7.48. The van der Waals surface area contributed by atoms with E-state index in [2.05, 4.69) is 9.88 Å². The van der Waals surface area contributed by atoms with E-state index in [4.69, 9.17) is 0 Å². The molecule has 0 atom stereocenters. The number of piperidine rings is 1. The molecule has 0 radical (unpaired) electrons. The van der Waals surface area contributed by atoms with Crippen LogP contribution >= 0.6 is 11.3 Å². The van der Waals surface area contributed by atoms with E-state index in [1.165, 1.54) is 6.42 Å². The Morgan fingerprint density at radius 3 is 2.37 bits per heavy atom. The van der Waals surface area contributed by atoms with Crippen LogP contribution in [0.5, 0.6) is 0 Å². The minimum Gasteiger partial charge on any atom is -0.298 e. The largest absolute Gasteiger partial charge is 0.443 e. The first kappa shape index (κ1) is 14.8. The maximum absolute atomic E-state index is 12.8. The average molecular weight is 292 g/mol. The lowest BCUT2D eigenvalue weighted by Gasteiger charge is -2.26. The predicted octanol–water partition coefficient (Wildman–Crippen LogP) is 4.27. The Labute approximate surface area is 115 Å². The Morgan fingerprint density at radius 1 is 1.21 bits per heavy atom. The van der Waals surface area contributed by atoms with Crippen molar-refractivity contribution in [1.29, 1.82) is 0 Å². The molecule has 1 aromatic heterocycles. The zero-order valence-electron chi connectivity index (χ0n) is 11.3. The molecule has 1 aromatic rings. The molecule has 0 spiro atoms. The van der Waals surface area contributed by atoms with Crippen LogP contribution in [0, 0.1) is 0 Å². The van der Waals surface area contributed by atoms with Crippen molar-refractivity contribution in [2.75, 3.05) is 13.1 Å². The maximum Gasteiger partial charge on any atom is 0.443 e. The van der Waals surface area contributed by atoms with Gasteiger partial charge in [0, 0.05) is 11.4 Å². The van der Waals surface area contributed by atoms with E-state index in [-0.39, 0.29) is 5.92 Å². The molecule has 2 heterocycles. The van der Waals surface area contributed by atoms with Gasteiger partial charge >= 0.3 is 6.18 Å². The molecule has 0 N–H and O–H groups in total. The molecule has 19 heavy (non-hydrogen) atoms. The van der Waals surface area contributed by atoms with Crippen LogP contribution in [0.25, 0.3) is 0 Å². The number of rotatable bonds is 3. The quantitative estimate of drug-likeness (QED) is 0.827. The highest BCUT2D eigenvalue weighted by molar-refractivity contribution is 7.11. The smallest absolute Gasteiger partial charge is 0.298 e. The summed E-state index contributed by atoms with van der Waals surface area (Å²) in [5.41, 5.74) is 0.614. The molecule has 0 aromatic carbocycles. The molecule has 0 saturated carbocycles. The van der Waals surface area contributed by atoms with Crippen molar-refractivity contribution in [3.05, 3.63) is 15.6 Å². The van der Waals surface area contributed by atoms with Gasteiger partial charge in [0.1, 0.15) is 0 Å². The minimum absolute atomic E-state index is 0.0344. The SMILES string of the molecule is CC(C)c1nc(C(F)(F)F)sc1CN1CCCCC1. The van der Waals surface area contributed by atoms with Crippen molar-refractivity contribution in [3.8, 4) is 0 Å². The van der Waals surface area contributed by atoms with E-state index < -0.39 is 11.2 Å². The fourth-order valence-corrected chi connectivity index (χ4v) is 3.50. The van der Waals surface area contributed by atoms with Gasteiger partial charge in [0.25, 0.3) is 0 Å². The zero-order valence-corrected chi connectivity index (χ0v) is 12.1. The van der Waals surface area contributed by atoms with E-state index in [9.17, 15) is 13.2 Å². The Balaban J connectivity index is 2.19. The number of halogens is 3. The van der Waals surface area contributed by atoms with E-state index in [1.54, 1.807) is 0 Å². The molecule has 108 valence electrons. The number of hydrogen-bond donors (Lipinski definition) is 0. The molecule has 1 aliphatic heterocycles. The van der Waals surface area contributed by atoms with Crippen LogP contribution in [0.1, 0.15) is 54.6 Å². The van der Waals surface area contributed by atoms with Crippen LogP contribution < -0.4 is 0 Å². The van der Waals surface area contributed by atoms with Crippen LogP contribution in [-0.2, 0) is 12.7 Å². The molecule has 0 aliphatic carbocycles. The number of alkyl halides is 3. The van der Waals surface area contributed by atoms with Gasteiger partial charge < -0.3 is 0 Å². The average Bonchev–Trinajstić information content (AvgIpc) is 2.74. The molecule has 6 heteroatoms. The highest BCUT2D eigenvalue weighted by Crippen LogP contribution is 2.37. The molecule has 2 nitrogen and oxygen atoms in total. The van der Waals surface area contributed by atoms with E-state index in [1.807, 2.05) is 13.8 Å². The summed E-state index contributed by atoms with van der Waals surface area (Å²) >= 11 is 0.811. The lowest BCUT2D eigenvalue weighted by Crippen LogP contribution is -2.29. The van der Waals surface area contributed by atoms with Gasteiger partial charge in [-0.25, -0.2) is 4.98 Å². The van der Waals surface area contributed by atoms with Gasteiger partial charge in [-0.2, -0.15) is 13.2 Å². The van der Waals surface area contributed by atoms with Crippen molar-refractivity contribution in [3.63, 3.8) is 0 Å². The van der Waals surface area contributed by atoms with Gasteiger partial charge in [-0.15, -0.1) is 11.3 Å². The third kappa shape index (κ3) is 3.69. The number of hydrogen-bond acceptors (Lipinski definition) is 3. The van der Waals surface area contributed by atoms with Crippen LogP contribution in [0.3, 0.4) is 0 Å². The second kappa shape index (κ2) is 5.79. The zero-order chi connectivity index (χ0) is 14.0. The summed E-state index contributed by atoms with van der Waals surface area (Å²) in [6, 6.07) is 0. The van der Waals surface area contributed by atoms with Gasteiger partial charge in [0.2, 0.25) is 0 Å². The van der Waals surface area contributed by atoms with Crippen LogP contribution in [0.4, 0.5) is 13.2 Å². The molecular weight excluding hydrogens is 273 g/mol. The summed E-state index contributed by atoms with van der Waals surface area (Å²) < 4.78 is 38.3. The Bertz CT molecular complexity index is 420. The summed E-state index contributed by atoms with van der Waals surface area (Å²) in [6.07, 6.45) is -0.817. The van der Waals surface area contributed by atoms with Gasteiger partial charge in [0.15, 0.2) is 5.01 Å². The van der Waals surface area contributed by atoms with E-state index >= 15 is 0 Å². The molecule has 2 rings (SSSR count). The summed E-state index contributed by atoms with van der Waals surface area (Å²) in [6.45, 7) is 6.37. The van der Waals surface area contributed by atoms with Crippen LogP contribution in [-0.4, -0.2) is 23.0 Å². The van der Waals surface area contributed by atoms with Crippen molar-refractivity contribution in [1.82, 2.24) is 9.88 Å². The highest BCUT2D eigenvalue weighted by Gasteiger charge is 2.36. The van der Waals surface area contributed by atoms with Crippen molar-refractivity contribution >= 4 is 11.3 Å². The van der Waals surface area contributed by atoms with Crippen molar-refractivity contribution < 1.29 is 13.2 Å². The fourth-order valence-electron chi connectivity index (χ4n) is 2.37. The monoisotopic (exact) mass is 292 g/mol. The van der Waals surface area contributed by atoms with Gasteiger partial charge in [-0.3, -0.25) is 4.90 Å². The molecule has 1 aliphatic rings. The molecule has 0 bridgehead atoms. The predicted molar refractivity (Wildman–Crippen MR) is 70.3 cm³/mol. The number of thiazole rings is 1. The minimum atomic E-state index is -4.32. The number of likely N-dealkylation sites (tertiary alicyclic amines) is 1. The van der Waals surface area contributed by atoms with Crippen LogP contribution in [0.15, 0.2) is 0 Å². The standard InChI is InChI=1S/C13H19F3N2S/c1-9(2)11-10(8-18-6-4-3-5-7-18)19-12(17-11)13(14,15)16/h9H,3-8H2,1-2H3. The Hall–Kier alpha value is -0.620. The number of aromatic nitrogens is 1. The third-order valence-electron chi connectivity index (χ3n) is 3.33. The van der Waals surface area contributed by atoms with Gasteiger partial charge in [-0.1, -0.05) is 20.3 Å². The first-order chi connectivity index (χ1) is 8.88. The molecule has 1 saturated heterocycles. The summed E-state index contributed by atoms with van der Waals surface area (Å²) in [5.74, 6) is 0.0344. The first-order valence-electron chi connectivity index (χ1n) is 6.67. The van der Waals surface area contributed by atoms with E-state index in [0.29, 0.717) is 12.2 Å². The summed E-state index contributed by atoms with van der Waals surface area (Å²) in [4.78, 5) is 6.83. The van der Waals surface area contributed by atoms with Gasteiger partial charge in [-0.05, 0) is 31.8 Å². The normalized spacial score (nSPS) is 18.2. The topological polar surface area (TPSA) is 16.1 Å². The summed E-state index contributed by atoms with van der Waals surface area (Å²) in [5, 5.41) is -0.705. The molecule has 0 unspecified atom stereocenters. The fraction of sp³-hybridized carbons (Fsp3) is 0.769. The lowest BCUT2D eigenvalue weighted by molar-refractivity contribution is -0.137. The second-order valence-electron chi connectivity index (χ2n) is 5.32. The third-order valence-corrected chi connectivity index (χ3v) is 4.43. The summed E-state index contributed by atoms with van der Waals surface area (Å²) in [7, 11) is 0. The Morgan fingerprint density at radius 2 is 1.84 bits per heavy atom. The van der Waals surface area contributed by atoms with Crippen molar-refractivity contribution in [2.24, 2.45) is 0 Å². The number of nitrogens with zero attached hydrogens (tertiary/aromatic N) is 2. The lowest BCUT2D eigenvalue weighted by atomic mass is 10.1. The molecular formula is C13H19F3N2S. The highest BCUT2D eigenvalue weighted by atomic mass is 32.1. The van der Waals surface area contributed by atoms with Crippen LogP contribution in [0.2, 0.25) is 0 Å². The van der Waals surface area contributed by atoms with Gasteiger partial charge in [0.05, 0.1) is 5.69 Å². The second-order valence-corrected chi connectivity index (χ2v) is 6.40. The molecule has 0 amide bonds. The van der Waals surface area contributed by atoms with E-state index in [0.717, 1.165) is 42.1 Å². The molecule has 1 fully saturated rings. The van der Waals surface area contributed by atoms with Crippen molar-refractivity contribution in [2.45, 2.75) is 51.7 Å². The Kier molecular flexibility index (Phi) is 4.50.